The lowest BCUT2D eigenvalue weighted by Gasteiger charge is -2.32. The Morgan fingerprint density at radius 3 is 2.95 bits per heavy atom. The predicted molar refractivity (Wildman–Crippen MR) is 81.7 cm³/mol. The van der Waals surface area contributed by atoms with Gasteiger partial charge in [-0.1, -0.05) is 23.2 Å². The van der Waals surface area contributed by atoms with Gasteiger partial charge in [0, 0.05) is 23.7 Å². The summed E-state index contributed by atoms with van der Waals surface area (Å²) in [7, 11) is 0. The van der Waals surface area contributed by atoms with Crippen LogP contribution in [0.1, 0.15) is 29.6 Å². The highest BCUT2D eigenvalue weighted by molar-refractivity contribution is 6.36. The molecule has 1 aliphatic rings. The van der Waals surface area contributed by atoms with Gasteiger partial charge in [0.25, 0.3) is 0 Å². The third-order valence-electron chi connectivity index (χ3n) is 3.74. The van der Waals surface area contributed by atoms with Gasteiger partial charge in [0.15, 0.2) is 5.78 Å². The van der Waals surface area contributed by atoms with Crippen LogP contribution in [0.4, 0.5) is 0 Å². The number of likely N-dealkylation sites (tertiary alicyclic amines) is 1. The van der Waals surface area contributed by atoms with E-state index in [4.69, 9.17) is 28.3 Å². The van der Waals surface area contributed by atoms with E-state index in [1.807, 2.05) is 0 Å². The van der Waals surface area contributed by atoms with Crippen LogP contribution < -0.4 is 0 Å². The maximum atomic E-state index is 12.3. The molecule has 0 radical (unpaired) electrons. The second kappa shape index (κ2) is 7.41. The van der Waals surface area contributed by atoms with Crippen LogP contribution in [0.5, 0.6) is 0 Å². The molecule has 3 nitrogen and oxygen atoms in total. The Hall–Kier alpha value is -0.610. The number of carbonyl (C=O) groups is 1. The first kappa shape index (κ1) is 15.8. The highest BCUT2D eigenvalue weighted by Crippen LogP contribution is 2.23. The zero-order chi connectivity index (χ0) is 14.5. The summed E-state index contributed by atoms with van der Waals surface area (Å²) in [5.74, 6) is 0.485. The molecule has 20 heavy (non-hydrogen) atoms. The molecule has 1 aliphatic heterocycles. The summed E-state index contributed by atoms with van der Waals surface area (Å²) < 4.78 is 0. The molecule has 1 unspecified atom stereocenters. The Balaban J connectivity index is 1.98. The number of rotatable bonds is 5. The van der Waals surface area contributed by atoms with Gasteiger partial charge in [-0.2, -0.15) is 0 Å². The smallest absolute Gasteiger partial charge is 0.178 e. The van der Waals surface area contributed by atoms with Crippen molar-refractivity contribution < 1.29 is 9.90 Å². The second-order valence-electron chi connectivity index (χ2n) is 5.30. The molecule has 0 bridgehead atoms. The normalized spacial score (nSPS) is 20.1. The number of aliphatic hydroxyl groups excluding tert-OH is 1. The number of aliphatic hydroxyl groups is 1. The zero-order valence-electron chi connectivity index (χ0n) is 11.3. The standard InChI is InChI=1S/C15H19Cl2NO2/c16-12-3-4-14(17)13(8-12)15(20)10-18-6-1-2-11(9-18)5-7-19/h3-4,8,11,19H,1-2,5-7,9-10H2. The van der Waals surface area contributed by atoms with E-state index in [0.29, 0.717) is 28.1 Å². The van der Waals surface area contributed by atoms with Gasteiger partial charge in [-0.25, -0.2) is 0 Å². The highest BCUT2D eigenvalue weighted by Gasteiger charge is 2.22. The maximum absolute atomic E-state index is 12.3. The van der Waals surface area contributed by atoms with E-state index in [9.17, 15) is 4.79 Å². The third-order valence-corrected chi connectivity index (χ3v) is 4.30. The average molecular weight is 316 g/mol. The molecule has 0 aromatic heterocycles. The van der Waals surface area contributed by atoms with Crippen LogP contribution in [0.15, 0.2) is 18.2 Å². The van der Waals surface area contributed by atoms with Crippen molar-refractivity contribution in [1.82, 2.24) is 4.90 Å². The lowest BCUT2D eigenvalue weighted by atomic mass is 9.95. The molecule has 0 saturated carbocycles. The number of hydrogen-bond donors (Lipinski definition) is 1. The molecule has 0 spiro atoms. The molecule has 1 N–H and O–H groups in total. The minimum atomic E-state index is 0.00199. The number of carbonyl (C=O) groups excluding carboxylic acids is 1. The van der Waals surface area contributed by atoms with E-state index in [0.717, 1.165) is 32.4 Å². The lowest BCUT2D eigenvalue weighted by Crippen LogP contribution is -2.39. The van der Waals surface area contributed by atoms with E-state index in [-0.39, 0.29) is 12.4 Å². The molecule has 5 heteroatoms. The fourth-order valence-corrected chi connectivity index (χ4v) is 3.11. The number of benzene rings is 1. The second-order valence-corrected chi connectivity index (χ2v) is 6.15. The first-order chi connectivity index (χ1) is 9.60. The number of halogens is 2. The van der Waals surface area contributed by atoms with Gasteiger partial charge in [-0.05, 0) is 49.9 Å². The number of hydrogen-bond acceptors (Lipinski definition) is 3. The van der Waals surface area contributed by atoms with Gasteiger partial charge in [-0.15, -0.1) is 0 Å². The summed E-state index contributed by atoms with van der Waals surface area (Å²) in [6.07, 6.45) is 3.01. The van der Waals surface area contributed by atoms with Crippen LogP contribution in [-0.2, 0) is 0 Å². The molecule has 1 fully saturated rings. The van der Waals surface area contributed by atoms with Crippen molar-refractivity contribution in [1.29, 1.82) is 0 Å². The van der Waals surface area contributed by atoms with Crippen molar-refractivity contribution in [2.24, 2.45) is 5.92 Å². The van der Waals surface area contributed by atoms with Crippen molar-refractivity contribution in [3.05, 3.63) is 33.8 Å². The summed E-state index contributed by atoms with van der Waals surface area (Å²) in [5, 5.41) is 9.98. The van der Waals surface area contributed by atoms with Crippen molar-refractivity contribution in [2.75, 3.05) is 26.2 Å². The number of nitrogens with zero attached hydrogens (tertiary/aromatic N) is 1. The van der Waals surface area contributed by atoms with Crippen molar-refractivity contribution in [2.45, 2.75) is 19.3 Å². The molecule has 1 heterocycles. The molecule has 0 amide bonds. The van der Waals surface area contributed by atoms with Gasteiger partial charge in [0.2, 0.25) is 0 Å². The Kier molecular flexibility index (Phi) is 5.85. The molecular weight excluding hydrogens is 297 g/mol. The van der Waals surface area contributed by atoms with Crippen LogP contribution in [-0.4, -0.2) is 42.0 Å². The van der Waals surface area contributed by atoms with Crippen LogP contribution in [0, 0.1) is 5.92 Å². The molecule has 1 aromatic carbocycles. The predicted octanol–water partition coefficient (Wildman–Crippen LogP) is 3.27. The summed E-state index contributed by atoms with van der Waals surface area (Å²) in [6.45, 7) is 2.37. The first-order valence-corrected chi connectivity index (χ1v) is 7.67. The molecule has 0 aliphatic carbocycles. The van der Waals surface area contributed by atoms with Gasteiger partial charge in [-0.3, -0.25) is 9.69 Å². The van der Waals surface area contributed by atoms with Crippen molar-refractivity contribution in [3.63, 3.8) is 0 Å². The van der Waals surface area contributed by atoms with E-state index < -0.39 is 0 Å². The van der Waals surface area contributed by atoms with Crippen molar-refractivity contribution >= 4 is 29.0 Å². The number of ketones is 1. The van der Waals surface area contributed by atoms with Crippen LogP contribution >= 0.6 is 23.2 Å². The SMILES string of the molecule is O=C(CN1CCCC(CCO)C1)c1cc(Cl)ccc1Cl. The minimum absolute atomic E-state index is 0.00199. The maximum Gasteiger partial charge on any atom is 0.178 e. The Bertz CT molecular complexity index is 477. The monoisotopic (exact) mass is 315 g/mol. The molecule has 110 valence electrons. The summed E-state index contributed by atoms with van der Waals surface area (Å²) in [4.78, 5) is 14.5. The largest absolute Gasteiger partial charge is 0.396 e. The molecule has 1 atom stereocenters. The zero-order valence-corrected chi connectivity index (χ0v) is 12.8. The topological polar surface area (TPSA) is 40.5 Å². The minimum Gasteiger partial charge on any atom is -0.396 e. The van der Waals surface area contributed by atoms with Gasteiger partial charge >= 0.3 is 0 Å². The van der Waals surface area contributed by atoms with Crippen LogP contribution in [0.25, 0.3) is 0 Å². The van der Waals surface area contributed by atoms with Gasteiger partial charge < -0.3 is 5.11 Å². The molecule has 1 saturated heterocycles. The van der Waals surface area contributed by atoms with Crippen molar-refractivity contribution in [3.8, 4) is 0 Å². The Morgan fingerprint density at radius 1 is 1.40 bits per heavy atom. The molecule has 1 aromatic rings. The fraction of sp³-hybridized carbons (Fsp3) is 0.533. The molecule has 2 rings (SSSR count). The van der Waals surface area contributed by atoms with Gasteiger partial charge in [0.1, 0.15) is 0 Å². The summed E-state index contributed by atoms with van der Waals surface area (Å²) in [6, 6.07) is 4.96. The highest BCUT2D eigenvalue weighted by atomic mass is 35.5. The number of Topliss-reactive ketones (excluding diaryl/α,β-unsaturated/α-hetero) is 1. The number of piperidine rings is 1. The Labute approximate surface area is 129 Å². The van der Waals surface area contributed by atoms with Crippen LogP contribution in [0.2, 0.25) is 10.0 Å². The quantitative estimate of drug-likeness (QED) is 0.848. The van der Waals surface area contributed by atoms with Crippen LogP contribution in [0.3, 0.4) is 0 Å². The van der Waals surface area contributed by atoms with E-state index in [2.05, 4.69) is 4.90 Å². The van der Waals surface area contributed by atoms with Gasteiger partial charge in [0.05, 0.1) is 11.6 Å². The van der Waals surface area contributed by atoms with E-state index in [1.165, 1.54) is 0 Å². The third kappa shape index (κ3) is 4.19. The van der Waals surface area contributed by atoms with E-state index in [1.54, 1.807) is 18.2 Å². The molecular formula is C15H19Cl2NO2. The average Bonchev–Trinajstić information content (AvgIpc) is 2.42. The summed E-state index contributed by atoms with van der Waals surface area (Å²) in [5.41, 5.74) is 0.489. The fourth-order valence-electron chi connectivity index (χ4n) is 2.71. The first-order valence-electron chi connectivity index (χ1n) is 6.91. The lowest BCUT2D eigenvalue weighted by molar-refractivity contribution is 0.0872. The van der Waals surface area contributed by atoms with E-state index >= 15 is 0 Å². The Morgan fingerprint density at radius 2 is 2.20 bits per heavy atom. The summed E-state index contributed by atoms with van der Waals surface area (Å²) >= 11 is 12.0.